The van der Waals surface area contributed by atoms with E-state index in [0.717, 1.165) is 12.1 Å². The standard InChI is InChI=1S/C19H21F3N2O3S/c1-4-13(3)24-28(26,27)16-9-8-12(2)17(11-16)18(25)23-15-7-5-6-14(10-15)19(20,21)22/h5-11,13,24H,4H2,1-3H3,(H,23,25)/t13-/m1/s1. The predicted molar refractivity (Wildman–Crippen MR) is 101 cm³/mol. The number of halogens is 3. The third kappa shape index (κ3) is 5.32. The quantitative estimate of drug-likeness (QED) is 0.738. The number of benzene rings is 2. The first-order valence-corrected chi connectivity index (χ1v) is 10.0. The number of hydrogen-bond donors (Lipinski definition) is 2. The lowest BCUT2D eigenvalue weighted by Gasteiger charge is -2.14. The van der Waals surface area contributed by atoms with E-state index in [9.17, 15) is 26.4 Å². The molecule has 2 aromatic rings. The van der Waals surface area contributed by atoms with Crippen LogP contribution in [0.3, 0.4) is 0 Å². The summed E-state index contributed by atoms with van der Waals surface area (Å²) >= 11 is 0. The fourth-order valence-corrected chi connectivity index (χ4v) is 3.75. The number of anilines is 1. The Hall–Kier alpha value is -2.39. The first-order chi connectivity index (χ1) is 12.9. The summed E-state index contributed by atoms with van der Waals surface area (Å²) in [6.45, 7) is 5.16. The number of carbonyl (C=O) groups is 1. The van der Waals surface area contributed by atoms with Crippen molar-refractivity contribution in [1.82, 2.24) is 4.72 Å². The number of aryl methyl sites for hydroxylation is 1. The zero-order valence-electron chi connectivity index (χ0n) is 15.6. The molecule has 2 aromatic carbocycles. The van der Waals surface area contributed by atoms with Crippen LogP contribution < -0.4 is 10.0 Å². The molecule has 0 spiro atoms. The van der Waals surface area contributed by atoms with E-state index in [1.165, 1.54) is 30.3 Å². The van der Waals surface area contributed by atoms with Crippen LogP contribution in [0.15, 0.2) is 47.4 Å². The molecule has 0 aliphatic carbocycles. The Kier molecular flexibility index (Phi) is 6.51. The molecule has 1 atom stereocenters. The second-order valence-corrected chi connectivity index (χ2v) is 8.15. The van der Waals surface area contributed by atoms with E-state index in [1.54, 1.807) is 13.8 Å². The average Bonchev–Trinajstić information content (AvgIpc) is 2.60. The van der Waals surface area contributed by atoms with Gasteiger partial charge in [-0.05, 0) is 56.2 Å². The van der Waals surface area contributed by atoms with E-state index in [2.05, 4.69) is 10.0 Å². The van der Waals surface area contributed by atoms with Gasteiger partial charge in [0.15, 0.2) is 0 Å². The van der Waals surface area contributed by atoms with Crippen molar-refractivity contribution in [2.75, 3.05) is 5.32 Å². The largest absolute Gasteiger partial charge is 0.416 e. The van der Waals surface area contributed by atoms with Gasteiger partial charge in [-0.3, -0.25) is 4.79 Å². The lowest BCUT2D eigenvalue weighted by atomic mass is 10.1. The zero-order valence-corrected chi connectivity index (χ0v) is 16.4. The fraction of sp³-hybridized carbons (Fsp3) is 0.316. The molecule has 0 heterocycles. The molecule has 0 aliphatic rings. The second kappa shape index (κ2) is 8.32. The summed E-state index contributed by atoms with van der Waals surface area (Å²) in [5.41, 5.74) is -0.377. The summed E-state index contributed by atoms with van der Waals surface area (Å²) in [5.74, 6) is -0.697. The molecule has 0 unspecified atom stereocenters. The van der Waals surface area contributed by atoms with Gasteiger partial charge in [0, 0.05) is 17.3 Å². The number of rotatable bonds is 6. The Morgan fingerprint density at radius 2 is 1.82 bits per heavy atom. The molecule has 5 nitrogen and oxygen atoms in total. The fourth-order valence-electron chi connectivity index (χ4n) is 2.40. The number of hydrogen-bond acceptors (Lipinski definition) is 3. The molecule has 0 fully saturated rings. The SMILES string of the molecule is CC[C@@H](C)NS(=O)(=O)c1ccc(C)c(C(=O)Nc2cccc(C(F)(F)F)c2)c1. The van der Waals surface area contributed by atoms with E-state index in [-0.39, 0.29) is 22.2 Å². The summed E-state index contributed by atoms with van der Waals surface area (Å²) in [5, 5.41) is 2.39. The van der Waals surface area contributed by atoms with Gasteiger partial charge in [0.1, 0.15) is 0 Å². The third-order valence-electron chi connectivity index (χ3n) is 4.18. The topological polar surface area (TPSA) is 75.3 Å². The molecule has 0 saturated heterocycles. The second-order valence-electron chi connectivity index (χ2n) is 6.44. The van der Waals surface area contributed by atoms with Crippen LogP contribution in [0.25, 0.3) is 0 Å². The maximum Gasteiger partial charge on any atom is 0.416 e. The van der Waals surface area contributed by atoms with Crippen LogP contribution in [0.2, 0.25) is 0 Å². The minimum absolute atomic E-state index is 0.0368. The molecule has 2 N–H and O–H groups in total. The molecule has 152 valence electrons. The molecule has 1 amide bonds. The Balaban J connectivity index is 2.32. The van der Waals surface area contributed by atoms with Crippen LogP contribution in [-0.4, -0.2) is 20.4 Å². The molecule has 9 heteroatoms. The zero-order chi connectivity index (χ0) is 21.1. The van der Waals surface area contributed by atoms with Crippen molar-refractivity contribution in [2.45, 2.75) is 44.3 Å². The summed E-state index contributed by atoms with van der Waals surface area (Å²) in [4.78, 5) is 12.5. The van der Waals surface area contributed by atoms with Crippen LogP contribution in [-0.2, 0) is 16.2 Å². The monoisotopic (exact) mass is 414 g/mol. The Morgan fingerprint density at radius 1 is 1.14 bits per heavy atom. The highest BCUT2D eigenvalue weighted by molar-refractivity contribution is 7.89. The maximum atomic E-state index is 12.8. The van der Waals surface area contributed by atoms with E-state index in [4.69, 9.17) is 0 Å². The predicted octanol–water partition coefficient (Wildman–Crippen LogP) is 4.34. The molecular formula is C19H21F3N2O3S. The lowest BCUT2D eigenvalue weighted by Crippen LogP contribution is -2.32. The summed E-state index contributed by atoms with van der Waals surface area (Å²) < 4.78 is 65.8. The van der Waals surface area contributed by atoms with Crippen LogP contribution in [0.1, 0.15) is 41.8 Å². The van der Waals surface area contributed by atoms with Gasteiger partial charge in [0.2, 0.25) is 10.0 Å². The van der Waals surface area contributed by atoms with Crippen LogP contribution >= 0.6 is 0 Å². The number of amides is 1. The van der Waals surface area contributed by atoms with E-state index in [1.807, 2.05) is 6.92 Å². The van der Waals surface area contributed by atoms with E-state index in [0.29, 0.717) is 12.0 Å². The maximum absolute atomic E-state index is 12.8. The van der Waals surface area contributed by atoms with Gasteiger partial charge in [-0.25, -0.2) is 13.1 Å². The molecule has 2 rings (SSSR count). The van der Waals surface area contributed by atoms with Crippen LogP contribution in [0.5, 0.6) is 0 Å². The van der Waals surface area contributed by atoms with Crippen molar-refractivity contribution in [2.24, 2.45) is 0 Å². The number of alkyl halides is 3. The van der Waals surface area contributed by atoms with Crippen molar-refractivity contribution < 1.29 is 26.4 Å². The van der Waals surface area contributed by atoms with Crippen molar-refractivity contribution in [3.05, 3.63) is 59.2 Å². The van der Waals surface area contributed by atoms with Gasteiger partial charge in [0.05, 0.1) is 10.5 Å². The van der Waals surface area contributed by atoms with Crippen molar-refractivity contribution in [3.8, 4) is 0 Å². The molecule has 28 heavy (non-hydrogen) atoms. The molecule has 0 saturated carbocycles. The average molecular weight is 414 g/mol. The van der Waals surface area contributed by atoms with E-state index < -0.39 is 27.7 Å². The molecular weight excluding hydrogens is 393 g/mol. The van der Waals surface area contributed by atoms with Gasteiger partial charge >= 0.3 is 6.18 Å². The minimum atomic E-state index is -4.54. The van der Waals surface area contributed by atoms with Crippen molar-refractivity contribution in [3.63, 3.8) is 0 Å². The first kappa shape index (κ1) is 21.9. The van der Waals surface area contributed by atoms with E-state index >= 15 is 0 Å². The number of carbonyl (C=O) groups excluding carboxylic acids is 1. The number of sulfonamides is 1. The highest BCUT2D eigenvalue weighted by Crippen LogP contribution is 2.30. The minimum Gasteiger partial charge on any atom is -0.322 e. The Morgan fingerprint density at radius 3 is 2.43 bits per heavy atom. The number of nitrogens with one attached hydrogen (secondary N) is 2. The van der Waals surface area contributed by atoms with Crippen LogP contribution in [0.4, 0.5) is 18.9 Å². The van der Waals surface area contributed by atoms with Crippen molar-refractivity contribution in [1.29, 1.82) is 0 Å². The van der Waals surface area contributed by atoms with Crippen LogP contribution in [0, 0.1) is 6.92 Å². The molecule has 0 radical (unpaired) electrons. The molecule has 0 bridgehead atoms. The van der Waals surface area contributed by atoms with Gasteiger partial charge < -0.3 is 5.32 Å². The van der Waals surface area contributed by atoms with Gasteiger partial charge in [-0.1, -0.05) is 19.1 Å². The smallest absolute Gasteiger partial charge is 0.322 e. The van der Waals surface area contributed by atoms with Gasteiger partial charge in [-0.15, -0.1) is 0 Å². The van der Waals surface area contributed by atoms with Gasteiger partial charge in [0.25, 0.3) is 5.91 Å². The molecule has 0 aromatic heterocycles. The third-order valence-corrected chi connectivity index (χ3v) is 5.77. The first-order valence-electron chi connectivity index (χ1n) is 8.55. The van der Waals surface area contributed by atoms with Gasteiger partial charge in [-0.2, -0.15) is 13.2 Å². The summed E-state index contributed by atoms with van der Waals surface area (Å²) in [6.07, 6.45) is -3.94. The summed E-state index contributed by atoms with van der Waals surface area (Å²) in [6, 6.07) is 8.01. The highest BCUT2D eigenvalue weighted by Gasteiger charge is 2.30. The van der Waals surface area contributed by atoms with Crippen molar-refractivity contribution >= 4 is 21.6 Å². The lowest BCUT2D eigenvalue weighted by molar-refractivity contribution is -0.137. The highest BCUT2D eigenvalue weighted by atomic mass is 32.2. The normalized spacial score (nSPS) is 13.2. The Labute approximate surface area is 162 Å². The Bertz CT molecular complexity index is 973. The molecule has 0 aliphatic heterocycles. The summed E-state index contributed by atoms with van der Waals surface area (Å²) in [7, 11) is -3.82.